The van der Waals surface area contributed by atoms with Gasteiger partial charge in [-0.15, -0.1) is 0 Å². The molecule has 3 N–H and O–H groups in total. The third kappa shape index (κ3) is 24.8. The lowest BCUT2D eigenvalue weighted by Gasteiger charge is -2.35. The summed E-state index contributed by atoms with van der Waals surface area (Å²) in [4.78, 5) is 57.2. The molecule has 12 heteroatoms. The SMILES string of the molecule is CCCCC/C=C\C/C=C\CCCCCCCC(=O)SCCNC(=O)CCNC(=O)[C@H](O)C(C)(C)COP(=O)([O-])[O-]. The number of aliphatic hydroxyl groups is 1. The summed E-state index contributed by atoms with van der Waals surface area (Å²) in [6, 6.07) is 0. The van der Waals surface area contributed by atoms with E-state index < -0.39 is 31.9 Å². The maximum Gasteiger partial charge on any atom is 0.249 e. The molecular weight excluding hydrogens is 567 g/mol. The predicted octanol–water partition coefficient (Wildman–Crippen LogP) is 3.91. The molecule has 0 aromatic rings. The Labute approximate surface area is 250 Å². The summed E-state index contributed by atoms with van der Waals surface area (Å²) in [7, 11) is -5.23. The molecule has 0 unspecified atom stereocenters. The molecule has 0 fully saturated rings. The standard InChI is InChI=1S/C29H53N2O8PS/c1-4-5-6-7-8-9-10-11-12-13-14-15-16-17-18-19-26(33)41-23-22-30-25(32)20-21-31-28(35)27(34)29(2,3)24-39-40(36,37)38/h8-9,11-12,27,34H,4-7,10,13-24H2,1-3H3,(H,30,32)(H,31,35)(H2,36,37,38)/p-2/b9-8-,12-11-/t27-/m0/s1. The minimum absolute atomic E-state index is 0.0315. The van der Waals surface area contributed by atoms with Crippen molar-refractivity contribution in [1.82, 2.24) is 10.6 Å². The Balaban J connectivity index is 3.73. The number of nitrogens with one attached hydrogen (secondary N) is 2. The molecule has 238 valence electrons. The minimum Gasteiger partial charge on any atom is -0.790 e. The number of amides is 2. The van der Waals surface area contributed by atoms with Crippen molar-refractivity contribution in [1.29, 1.82) is 0 Å². The molecule has 0 spiro atoms. The largest absolute Gasteiger partial charge is 0.790 e. The smallest absolute Gasteiger partial charge is 0.249 e. The number of rotatable bonds is 25. The van der Waals surface area contributed by atoms with Gasteiger partial charge in [-0.05, 0) is 38.5 Å². The van der Waals surface area contributed by atoms with Crippen LogP contribution in [0.4, 0.5) is 0 Å². The zero-order valence-electron chi connectivity index (χ0n) is 25.1. The molecule has 41 heavy (non-hydrogen) atoms. The minimum atomic E-state index is -5.23. The van der Waals surface area contributed by atoms with E-state index in [9.17, 15) is 33.8 Å². The monoisotopic (exact) mass is 618 g/mol. The van der Waals surface area contributed by atoms with Crippen LogP contribution in [0.1, 0.15) is 104 Å². The van der Waals surface area contributed by atoms with E-state index in [2.05, 4.69) is 46.4 Å². The van der Waals surface area contributed by atoms with E-state index in [1.807, 2.05) is 0 Å². The van der Waals surface area contributed by atoms with Gasteiger partial charge in [-0.3, -0.25) is 14.4 Å². The number of hydrogen-bond donors (Lipinski definition) is 3. The Hall–Kier alpha value is -1.49. The Kier molecular flexibility index (Phi) is 23.1. The highest BCUT2D eigenvalue weighted by atomic mass is 32.2. The van der Waals surface area contributed by atoms with Crippen LogP contribution in [0, 0.1) is 5.41 Å². The van der Waals surface area contributed by atoms with Gasteiger partial charge < -0.3 is 34.6 Å². The molecule has 0 aliphatic heterocycles. The molecule has 10 nitrogen and oxygen atoms in total. The molecule has 0 saturated heterocycles. The topological polar surface area (TPSA) is 168 Å². The summed E-state index contributed by atoms with van der Waals surface area (Å²) in [5.41, 5.74) is -1.33. The van der Waals surface area contributed by atoms with Gasteiger partial charge in [0.1, 0.15) is 6.10 Å². The maximum atomic E-state index is 12.1. The van der Waals surface area contributed by atoms with Crippen LogP contribution in [0.25, 0.3) is 0 Å². The fraction of sp³-hybridized carbons (Fsp3) is 0.759. The highest BCUT2D eigenvalue weighted by Gasteiger charge is 2.34. The highest BCUT2D eigenvalue weighted by molar-refractivity contribution is 8.13. The van der Waals surface area contributed by atoms with Gasteiger partial charge >= 0.3 is 0 Å². The van der Waals surface area contributed by atoms with Crippen LogP contribution in [0.15, 0.2) is 24.3 Å². The first-order valence-corrected chi connectivity index (χ1v) is 17.2. The zero-order chi connectivity index (χ0) is 31.0. The lowest BCUT2D eigenvalue weighted by molar-refractivity contribution is -0.343. The molecule has 0 aromatic heterocycles. The Morgan fingerprint density at radius 1 is 0.902 bits per heavy atom. The summed E-state index contributed by atoms with van der Waals surface area (Å²) in [6.45, 7) is 4.58. The summed E-state index contributed by atoms with van der Waals surface area (Å²) in [5, 5.41) is 15.3. The van der Waals surface area contributed by atoms with Crippen LogP contribution in [0.3, 0.4) is 0 Å². The summed E-state index contributed by atoms with van der Waals surface area (Å²) in [5.74, 6) is -0.664. The first kappa shape index (κ1) is 39.5. The van der Waals surface area contributed by atoms with Crippen molar-refractivity contribution in [3.63, 3.8) is 0 Å². The van der Waals surface area contributed by atoms with E-state index in [0.717, 1.165) is 32.1 Å². The summed E-state index contributed by atoms with van der Waals surface area (Å²) >= 11 is 1.20. The third-order valence-electron chi connectivity index (χ3n) is 6.25. The molecule has 0 heterocycles. The molecule has 0 saturated carbocycles. The molecule has 0 bridgehead atoms. The van der Waals surface area contributed by atoms with Gasteiger partial charge in [0.25, 0.3) is 0 Å². The average Bonchev–Trinajstić information content (AvgIpc) is 2.91. The van der Waals surface area contributed by atoms with Crippen LogP contribution in [-0.2, 0) is 23.5 Å². The van der Waals surface area contributed by atoms with Gasteiger partial charge in [0.2, 0.25) is 11.8 Å². The van der Waals surface area contributed by atoms with Crippen molar-refractivity contribution < 1.29 is 38.4 Å². The molecule has 0 aliphatic carbocycles. The molecular formula is C29H51N2O8PS-2. The second kappa shape index (κ2) is 24.0. The fourth-order valence-corrected chi connectivity index (χ4v) is 4.88. The fourth-order valence-electron chi connectivity index (χ4n) is 3.67. The van der Waals surface area contributed by atoms with Crippen molar-refractivity contribution >= 4 is 36.5 Å². The van der Waals surface area contributed by atoms with Crippen LogP contribution in [0.5, 0.6) is 0 Å². The van der Waals surface area contributed by atoms with E-state index >= 15 is 0 Å². The first-order chi connectivity index (χ1) is 19.4. The number of allylic oxidation sites excluding steroid dienone is 4. The predicted molar refractivity (Wildman–Crippen MR) is 161 cm³/mol. The van der Waals surface area contributed by atoms with Gasteiger partial charge in [-0.1, -0.05) is 88.9 Å². The molecule has 0 radical (unpaired) electrons. The van der Waals surface area contributed by atoms with Crippen LogP contribution >= 0.6 is 19.6 Å². The maximum absolute atomic E-state index is 12.1. The second-order valence-corrected chi connectivity index (χ2v) is 13.0. The molecule has 1 atom stereocenters. The van der Waals surface area contributed by atoms with Crippen molar-refractivity contribution in [2.45, 2.75) is 110 Å². The number of thioether (sulfide) groups is 1. The second-order valence-electron chi connectivity index (χ2n) is 10.7. The summed E-state index contributed by atoms with van der Waals surface area (Å²) < 4.78 is 14.8. The average molecular weight is 619 g/mol. The Bertz CT molecular complexity index is 845. The molecule has 0 aliphatic rings. The number of phosphoric acid groups is 1. The normalized spacial score (nSPS) is 13.1. The number of unbranched alkanes of at least 4 members (excludes halogenated alkanes) is 8. The van der Waals surface area contributed by atoms with E-state index in [-0.39, 0.29) is 24.0 Å². The number of carbonyl (C=O) groups excluding carboxylic acids is 3. The van der Waals surface area contributed by atoms with Crippen molar-refractivity contribution in [2.24, 2.45) is 5.41 Å². The van der Waals surface area contributed by atoms with Crippen LogP contribution in [0.2, 0.25) is 0 Å². The van der Waals surface area contributed by atoms with E-state index in [1.54, 1.807) is 0 Å². The number of aliphatic hydroxyl groups excluding tert-OH is 1. The van der Waals surface area contributed by atoms with Crippen molar-refractivity contribution in [3.05, 3.63) is 24.3 Å². The quantitative estimate of drug-likeness (QED) is 0.0780. The van der Waals surface area contributed by atoms with Crippen LogP contribution < -0.4 is 20.4 Å². The lowest BCUT2D eigenvalue weighted by atomic mass is 9.87. The van der Waals surface area contributed by atoms with E-state index in [0.29, 0.717) is 18.7 Å². The van der Waals surface area contributed by atoms with E-state index in [1.165, 1.54) is 64.1 Å². The van der Waals surface area contributed by atoms with Gasteiger partial charge in [0.05, 0.1) is 14.4 Å². The van der Waals surface area contributed by atoms with Crippen molar-refractivity contribution in [2.75, 3.05) is 25.4 Å². The number of hydrogen-bond acceptors (Lipinski definition) is 9. The molecule has 0 rings (SSSR count). The van der Waals surface area contributed by atoms with Gasteiger partial charge in [-0.2, -0.15) is 0 Å². The van der Waals surface area contributed by atoms with Gasteiger partial charge in [-0.25, -0.2) is 0 Å². The van der Waals surface area contributed by atoms with Crippen LogP contribution in [-0.4, -0.2) is 53.6 Å². The Morgan fingerprint density at radius 2 is 1.51 bits per heavy atom. The number of carbonyl (C=O) groups is 3. The molecule has 2 amide bonds. The van der Waals surface area contributed by atoms with Gasteiger partial charge in [0.15, 0.2) is 5.12 Å². The third-order valence-corrected chi connectivity index (χ3v) is 7.63. The lowest BCUT2D eigenvalue weighted by Crippen LogP contribution is -2.46. The molecule has 0 aromatic carbocycles. The number of phosphoric ester groups is 1. The van der Waals surface area contributed by atoms with E-state index in [4.69, 9.17) is 0 Å². The Morgan fingerprint density at radius 3 is 2.15 bits per heavy atom. The zero-order valence-corrected chi connectivity index (χ0v) is 26.8. The van der Waals surface area contributed by atoms with Gasteiger partial charge in [0, 0.05) is 37.1 Å². The first-order valence-electron chi connectivity index (χ1n) is 14.7. The van der Waals surface area contributed by atoms with Crippen molar-refractivity contribution in [3.8, 4) is 0 Å². The summed E-state index contributed by atoms with van der Waals surface area (Å²) in [6.07, 6.45) is 20.4. The highest BCUT2D eigenvalue weighted by Crippen LogP contribution is 2.31.